The number of alkyl halides is 3. The Hall–Kier alpha value is -3.41. The topological polar surface area (TPSA) is 111 Å². The summed E-state index contributed by atoms with van der Waals surface area (Å²) in [7, 11) is 2.06. The van der Waals surface area contributed by atoms with Crippen LogP contribution < -0.4 is 21.3 Å². The van der Waals surface area contributed by atoms with Crippen molar-refractivity contribution in [3.8, 4) is 0 Å². The van der Waals surface area contributed by atoms with Crippen LogP contribution in [0.2, 0.25) is 0 Å². The van der Waals surface area contributed by atoms with Gasteiger partial charge in [-0.1, -0.05) is 13.8 Å². The number of carbonyl (C=O) groups is 2. The molecule has 220 valence electrons. The standard InChI is InChI=1S/C27H36F3N7O2.CH4/c1-16(2)32-25(39)20-5-4-6-22(20)35-23-21(27(28,29)30)15-31-26(36-23)34-18-9-7-17(8-10-18)24(38)33-19-11-13-37(3)14-12-19;/h7-10,15-16,19-20,22H,4-6,11-14H2,1-3H3,(H,32,39)(H,33,38)(H2,31,34,35,36);1H4/t20-,22+;/m0./s1. The number of nitrogens with one attached hydrogen (secondary N) is 4. The molecule has 1 aromatic carbocycles. The molecule has 1 saturated heterocycles. The third-order valence-corrected chi connectivity index (χ3v) is 7.16. The maximum Gasteiger partial charge on any atom is 0.421 e. The molecule has 2 amide bonds. The molecule has 0 radical (unpaired) electrons. The van der Waals surface area contributed by atoms with Crippen LogP contribution in [0.5, 0.6) is 0 Å². The van der Waals surface area contributed by atoms with Gasteiger partial charge in [0.15, 0.2) is 0 Å². The second-order valence-electron chi connectivity index (χ2n) is 10.7. The molecule has 12 heteroatoms. The van der Waals surface area contributed by atoms with Crippen molar-refractivity contribution < 1.29 is 22.8 Å². The van der Waals surface area contributed by atoms with Crippen LogP contribution in [0.3, 0.4) is 0 Å². The molecule has 0 unspecified atom stereocenters. The molecule has 40 heavy (non-hydrogen) atoms. The summed E-state index contributed by atoms with van der Waals surface area (Å²) < 4.78 is 41.3. The monoisotopic (exact) mass is 563 g/mol. The molecular formula is C28H40F3N7O2. The number of hydrogen-bond donors (Lipinski definition) is 4. The van der Waals surface area contributed by atoms with Crippen molar-refractivity contribution in [3.05, 3.63) is 41.6 Å². The van der Waals surface area contributed by atoms with Gasteiger partial charge in [0, 0.05) is 35.6 Å². The summed E-state index contributed by atoms with van der Waals surface area (Å²) in [6, 6.07) is 6.19. The highest BCUT2D eigenvalue weighted by Crippen LogP contribution is 2.36. The minimum Gasteiger partial charge on any atom is -0.366 e. The lowest BCUT2D eigenvalue weighted by atomic mass is 10.0. The number of halogens is 3. The van der Waals surface area contributed by atoms with Crippen LogP contribution in [-0.4, -0.2) is 64.9 Å². The largest absolute Gasteiger partial charge is 0.421 e. The highest BCUT2D eigenvalue weighted by molar-refractivity contribution is 5.94. The number of carbonyl (C=O) groups excluding carboxylic acids is 2. The number of aromatic nitrogens is 2. The highest BCUT2D eigenvalue weighted by Gasteiger charge is 2.39. The zero-order valence-electron chi connectivity index (χ0n) is 22.4. The Morgan fingerprint density at radius 3 is 2.35 bits per heavy atom. The third kappa shape index (κ3) is 8.06. The molecule has 2 atom stereocenters. The minimum absolute atomic E-state index is 0. The van der Waals surface area contributed by atoms with Crippen LogP contribution in [0.1, 0.15) is 69.3 Å². The molecule has 1 aliphatic heterocycles. The number of piperidine rings is 1. The number of hydrogen-bond acceptors (Lipinski definition) is 7. The van der Waals surface area contributed by atoms with Crippen molar-refractivity contribution >= 4 is 29.3 Å². The first-order chi connectivity index (χ1) is 18.5. The Kier molecular flexibility index (Phi) is 10.3. The van der Waals surface area contributed by atoms with Gasteiger partial charge in [0.25, 0.3) is 5.91 Å². The van der Waals surface area contributed by atoms with E-state index >= 15 is 0 Å². The van der Waals surface area contributed by atoms with Crippen LogP contribution >= 0.6 is 0 Å². The van der Waals surface area contributed by atoms with E-state index in [1.165, 1.54) is 0 Å². The molecule has 2 fully saturated rings. The Balaban J connectivity index is 0.00000441. The summed E-state index contributed by atoms with van der Waals surface area (Å²) in [5.74, 6) is -1.20. The average Bonchev–Trinajstić information content (AvgIpc) is 3.33. The molecule has 9 nitrogen and oxygen atoms in total. The van der Waals surface area contributed by atoms with Crippen molar-refractivity contribution in [3.63, 3.8) is 0 Å². The second kappa shape index (κ2) is 13.3. The summed E-state index contributed by atoms with van der Waals surface area (Å²) in [5, 5.41) is 11.7. The van der Waals surface area contributed by atoms with Gasteiger partial charge in [-0.05, 0) is 83.9 Å². The van der Waals surface area contributed by atoms with Crippen LogP contribution in [0.25, 0.3) is 0 Å². The summed E-state index contributed by atoms with van der Waals surface area (Å²) in [5.41, 5.74) is 0.0117. The Labute approximate surface area is 233 Å². The van der Waals surface area contributed by atoms with Gasteiger partial charge in [-0.15, -0.1) is 0 Å². The molecule has 4 N–H and O–H groups in total. The van der Waals surface area contributed by atoms with E-state index < -0.39 is 23.7 Å². The first kappa shape index (κ1) is 31.1. The van der Waals surface area contributed by atoms with E-state index in [1.54, 1.807) is 24.3 Å². The Morgan fingerprint density at radius 2 is 1.73 bits per heavy atom. The van der Waals surface area contributed by atoms with Gasteiger partial charge in [-0.25, -0.2) is 4.98 Å². The first-order valence-corrected chi connectivity index (χ1v) is 13.4. The summed E-state index contributed by atoms with van der Waals surface area (Å²) >= 11 is 0. The van der Waals surface area contributed by atoms with E-state index in [1.807, 2.05) is 13.8 Å². The predicted octanol–water partition coefficient (Wildman–Crippen LogP) is 4.80. The number of amides is 2. The molecule has 1 saturated carbocycles. The number of benzene rings is 1. The molecule has 0 spiro atoms. The highest BCUT2D eigenvalue weighted by atomic mass is 19.4. The smallest absolute Gasteiger partial charge is 0.366 e. The van der Waals surface area contributed by atoms with E-state index in [9.17, 15) is 22.8 Å². The van der Waals surface area contributed by atoms with Gasteiger partial charge in [-0.2, -0.15) is 18.2 Å². The first-order valence-electron chi connectivity index (χ1n) is 13.4. The van der Waals surface area contributed by atoms with E-state index in [0.29, 0.717) is 24.1 Å². The third-order valence-electron chi connectivity index (χ3n) is 7.16. The Bertz CT molecular complexity index is 1150. The normalized spacial score (nSPS) is 20.1. The number of likely N-dealkylation sites (tertiary alicyclic amines) is 1. The fourth-order valence-corrected chi connectivity index (χ4v) is 5.03. The number of anilines is 3. The van der Waals surface area contributed by atoms with E-state index in [2.05, 4.69) is 43.2 Å². The quantitative estimate of drug-likeness (QED) is 0.365. The molecule has 1 aliphatic carbocycles. The van der Waals surface area contributed by atoms with Crippen molar-refractivity contribution in [1.29, 1.82) is 0 Å². The van der Waals surface area contributed by atoms with Gasteiger partial charge in [0.1, 0.15) is 11.4 Å². The molecule has 2 heterocycles. The maximum atomic E-state index is 13.8. The molecule has 2 aromatic rings. The van der Waals surface area contributed by atoms with E-state index in [0.717, 1.165) is 38.5 Å². The van der Waals surface area contributed by atoms with Crippen LogP contribution in [0, 0.1) is 5.92 Å². The summed E-state index contributed by atoms with van der Waals surface area (Å²) in [6.07, 6.45) is -0.270. The fourth-order valence-electron chi connectivity index (χ4n) is 5.03. The van der Waals surface area contributed by atoms with E-state index in [4.69, 9.17) is 0 Å². The average molecular weight is 564 g/mol. The molecule has 1 aromatic heterocycles. The lowest BCUT2D eigenvalue weighted by Gasteiger charge is -2.29. The number of nitrogens with zero attached hydrogens (tertiary/aromatic N) is 3. The lowest BCUT2D eigenvalue weighted by molar-refractivity contribution is -0.137. The van der Waals surface area contributed by atoms with Crippen molar-refractivity contribution in [1.82, 2.24) is 25.5 Å². The van der Waals surface area contributed by atoms with Crippen molar-refractivity contribution in [2.75, 3.05) is 30.8 Å². The zero-order valence-corrected chi connectivity index (χ0v) is 22.4. The number of rotatable bonds is 8. The molecule has 2 aliphatic rings. The predicted molar refractivity (Wildman–Crippen MR) is 150 cm³/mol. The van der Waals surface area contributed by atoms with Crippen LogP contribution in [-0.2, 0) is 11.0 Å². The summed E-state index contributed by atoms with van der Waals surface area (Å²) in [4.78, 5) is 35.4. The van der Waals surface area contributed by atoms with Gasteiger partial charge in [0.05, 0.1) is 5.92 Å². The fraction of sp³-hybridized carbons (Fsp3) is 0.571. The second-order valence-corrected chi connectivity index (χ2v) is 10.7. The van der Waals surface area contributed by atoms with Gasteiger partial charge in [0.2, 0.25) is 11.9 Å². The van der Waals surface area contributed by atoms with Crippen LogP contribution in [0.4, 0.5) is 30.6 Å². The molecule has 0 bridgehead atoms. The Morgan fingerprint density at radius 1 is 1.05 bits per heavy atom. The van der Waals surface area contributed by atoms with Gasteiger partial charge >= 0.3 is 6.18 Å². The zero-order chi connectivity index (χ0) is 28.2. The van der Waals surface area contributed by atoms with E-state index in [-0.39, 0.29) is 43.1 Å². The van der Waals surface area contributed by atoms with Crippen molar-refractivity contribution in [2.24, 2.45) is 5.92 Å². The summed E-state index contributed by atoms with van der Waals surface area (Å²) in [6.45, 7) is 5.55. The van der Waals surface area contributed by atoms with Gasteiger partial charge in [-0.3, -0.25) is 9.59 Å². The molecular weight excluding hydrogens is 523 g/mol. The van der Waals surface area contributed by atoms with Crippen molar-refractivity contribution in [2.45, 2.75) is 77.7 Å². The maximum absolute atomic E-state index is 13.8. The lowest BCUT2D eigenvalue weighted by Crippen LogP contribution is -2.43. The molecule has 4 rings (SSSR count). The van der Waals surface area contributed by atoms with Gasteiger partial charge < -0.3 is 26.2 Å². The minimum atomic E-state index is -4.67. The van der Waals surface area contributed by atoms with Crippen LogP contribution in [0.15, 0.2) is 30.5 Å². The SMILES string of the molecule is C.CC(C)NC(=O)[C@H]1CCC[C@H]1Nc1nc(Nc2ccc(C(=O)NC3CCN(C)CC3)cc2)ncc1C(F)(F)F.